The topological polar surface area (TPSA) is 127 Å². The fraction of sp³-hybridized carbons (Fsp3) is 0.667. The van der Waals surface area contributed by atoms with Crippen molar-refractivity contribution in [1.82, 2.24) is 0 Å². The Morgan fingerprint density at radius 3 is 1.29 bits per heavy atom. The maximum Gasteiger partial charge on any atom is 0.339 e. The van der Waals surface area contributed by atoms with Crippen molar-refractivity contribution in [2.24, 2.45) is 35.5 Å². The second-order valence-corrected chi connectivity index (χ2v) is 12.1. The number of carbonyl (C=O) groups excluding carboxylic acids is 2. The van der Waals surface area contributed by atoms with Crippen molar-refractivity contribution in [3.05, 3.63) is 34.4 Å². The van der Waals surface area contributed by atoms with E-state index < -0.39 is 47.2 Å². The van der Waals surface area contributed by atoms with Gasteiger partial charge in [-0.25, -0.2) is 19.2 Å². The van der Waals surface area contributed by atoms with Crippen LogP contribution in [0.3, 0.4) is 0 Å². The smallest absolute Gasteiger partial charge is 0.339 e. The Bertz CT molecular complexity index is 975. The van der Waals surface area contributed by atoms with E-state index in [4.69, 9.17) is 9.47 Å². The Morgan fingerprint density at radius 1 is 0.658 bits per heavy atom. The standard InChI is InChI=1S/C30H42O8/c1-15(2)19-9-7-17(5)11-25(19)37-29(35)23-13-22(28(33)34)24(14-21(23)27(31)32)30(36)38-26-12-18(6)8-10-20(26)16(3)4/h13-20,25-26H,7-12H2,1-6H3,(H,31,32)(H,33,34)/t17-,18-,19+,20+,25-,26-/m1/s1. The van der Waals surface area contributed by atoms with Crippen molar-refractivity contribution in [2.45, 2.75) is 92.3 Å². The van der Waals surface area contributed by atoms with E-state index in [9.17, 15) is 29.4 Å². The quantitative estimate of drug-likeness (QED) is 0.374. The number of rotatable bonds is 8. The molecule has 0 radical (unpaired) electrons. The lowest BCUT2D eigenvalue weighted by molar-refractivity contribution is -0.0187. The van der Waals surface area contributed by atoms with Gasteiger partial charge in [-0.2, -0.15) is 0 Å². The van der Waals surface area contributed by atoms with Crippen LogP contribution in [0.5, 0.6) is 0 Å². The van der Waals surface area contributed by atoms with Crippen LogP contribution in [0.2, 0.25) is 0 Å². The number of ether oxygens (including phenoxy) is 2. The molecular formula is C30H42O8. The molecule has 0 aromatic heterocycles. The van der Waals surface area contributed by atoms with Crippen LogP contribution in [-0.2, 0) is 9.47 Å². The summed E-state index contributed by atoms with van der Waals surface area (Å²) in [6, 6.07) is 1.90. The monoisotopic (exact) mass is 530 g/mol. The van der Waals surface area contributed by atoms with Crippen LogP contribution in [0.25, 0.3) is 0 Å². The highest BCUT2D eigenvalue weighted by Gasteiger charge is 2.37. The van der Waals surface area contributed by atoms with Gasteiger partial charge in [0.05, 0.1) is 22.3 Å². The maximum atomic E-state index is 13.2. The van der Waals surface area contributed by atoms with Gasteiger partial charge in [0, 0.05) is 0 Å². The van der Waals surface area contributed by atoms with Crippen molar-refractivity contribution < 1.29 is 38.9 Å². The van der Waals surface area contributed by atoms with Gasteiger partial charge in [0.25, 0.3) is 0 Å². The first-order valence-corrected chi connectivity index (χ1v) is 13.9. The van der Waals surface area contributed by atoms with Crippen LogP contribution < -0.4 is 0 Å². The Morgan fingerprint density at radius 2 is 1.00 bits per heavy atom. The molecule has 2 saturated carbocycles. The molecule has 0 bridgehead atoms. The molecule has 0 unspecified atom stereocenters. The minimum absolute atomic E-state index is 0.128. The van der Waals surface area contributed by atoms with E-state index >= 15 is 0 Å². The van der Waals surface area contributed by atoms with Crippen LogP contribution in [0.15, 0.2) is 12.1 Å². The normalized spacial score (nSPS) is 27.7. The van der Waals surface area contributed by atoms with Gasteiger partial charge in [0.1, 0.15) is 12.2 Å². The summed E-state index contributed by atoms with van der Waals surface area (Å²) in [6.45, 7) is 12.4. The largest absolute Gasteiger partial charge is 0.478 e. The van der Waals surface area contributed by atoms with Gasteiger partial charge < -0.3 is 19.7 Å². The lowest BCUT2D eigenvalue weighted by Gasteiger charge is -2.37. The molecule has 0 aliphatic heterocycles. The number of esters is 2. The van der Waals surface area contributed by atoms with Crippen LogP contribution in [-0.4, -0.2) is 46.3 Å². The molecule has 2 fully saturated rings. The summed E-state index contributed by atoms with van der Waals surface area (Å²) < 4.78 is 11.6. The molecule has 2 N–H and O–H groups in total. The fourth-order valence-electron chi connectivity index (χ4n) is 6.19. The predicted molar refractivity (Wildman–Crippen MR) is 141 cm³/mol. The van der Waals surface area contributed by atoms with Gasteiger partial charge in [-0.05, 0) is 73.3 Å². The minimum atomic E-state index is -1.45. The first-order chi connectivity index (χ1) is 17.8. The Labute approximate surface area is 225 Å². The van der Waals surface area contributed by atoms with E-state index in [1.54, 1.807) is 0 Å². The zero-order valence-electron chi connectivity index (χ0n) is 23.4. The summed E-state index contributed by atoms with van der Waals surface area (Å²) in [7, 11) is 0. The third-order valence-electron chi connectivity index (χ3n) is 8.50. The first kappa shape index (κ1) is 29.7. The summed E-state index contributed by atoms with van der Waals surface area (Å²) in [4.78, 5) is 50.8. The van der Waals surface area contributed by atoms with Crippen molar-refractivity contribution in [3.8, 4) is 0 Å². The second kappa shape index (κ2) is 12.3. The van der Waals surface area contributed by atoms with E-state index in [-0.39, 0.29) is 34.8 Å². The molecule has 0 spiro atoms. The van der Waals surface area contributed by atoms with Crippen LogP contribution in [0, 0.1) is 35.5 Å². The summed E-state index contributed by atoms with van der Waals surface area (Å²) in [5.74, 6) is -3.20. The first-order valence-electron chi connectivity index (χ1n) is 13.9. The molecular weight excluding hydrogens is 488 g/mol. The van der Waals surface area contributed by atoms with E-state index in [0.717, 1.165) is 37.8 Å². The van der Waals surface area contributed by atoms with Gasteiger partial charge in [0.15, 0.2) is 0 Å². The van der Waals surface area contributed by atoms with Gasteiger partial charge in [-0.1, -0.05) is 54.4 Å². The van der Waals surface area contributed by atoms with Gasteiger partial charge in [-0.3, -0.25) is 0 Å². The zero-order chi connectivity index (χ0) is 28.3. The van der Waals surface area contributed by atoms with Crippen molar-refractivity contribution in [2.75, 3.05) is 0 Å². The summed E-state index contributed by atoms with van der Waals surface area (Å²) in [5.41, 5.74) is -1.71. The van der Waals surface area contributed by atoms with Gasteiger partial charge in [-0.15, -0.1) is 0 Å². The molecule has 2 aliphatic rings. The number of aromatic carboxylic acids is 2. The number of carbonyl (C=O) groups is 4. The van der Waals surface area contributed by atoms with Crippen LogP contribution in [0.1, 0.15) is 121 Å². The molecule has 3 rings (SSSR count). The summed E-state index contributed by atoms with van der Waals surface area (Å²) >= 11 is 0. The molecule has 0 amide bonds. The average molecular weight is 531 g/mol. The van der Waals surface area contributed by atoms with Crippen molar-refractivity contribution in [1.29, 1.82) is 0 Å². The van der Waals surface area contributed by atoms with Gasteiger partial charge in [0.2, 0.25) is 0 Å². The molecule has 8 heteroatoms. The predicted octanol–water partition coefficient (Wildman–Crippen LogP) is 6.32. The Hall–Kier alpha value is -2.90. The number of hydrogen-bond donors (Lipinski definition) is 2. The molecule has 0 heterocycles. The number of carboxylic acid groups (broad SMARTS) is 2. The van der Waals surface area contributed by atoms with Crippen LogP contribution >= 0.6 is 0 Å². The van der Waals surface area contributed by atoms with E-state index in [0.29, 0.717) is 24.7 Å². The molecule has 6 atom stereocenters. The number of hydrogen-bond acceptors (Lipinski definition) is 6. The van der Waals surface area contributed by atoms with Gasteiger partial charge >= 0.3 is 23.9 Å². The second-order valence-electron chi connectivity index (χ2n) is 12.1. The lowest BCUT2D eigenvalue weighted by atomic mass is 9.75. The molecule has 1 aromatic carbocycles. The molecule has 0 saturated heterocycles. The zero-order valence-corrected chi connectivity index (χ0v) is 23.4. The fourth-order valence-corrected chi connectivity index (χ4v) is 6.19. The van der Waals surface area contributed by atoms with E-state index in [2.05, 4.69) is 41.5 Å². The number of carboxylic acids is 2. The maximum absolute atomic E-state index is 13.2. The highest BCUT2D eigenvalue weighted by atomic mass is 16.5. The third kappa shape index (κ3) is 6.75. The summed E-state index contributed by atoms with van der Waals surface area (Å²) in [6.07, 6.45) is 4.35. The highest BCUT2D eigenvalue weighted by molar-refractivity contribution is 6.09. The average Bonchev–Trinajstić information content (AvgIpc) is 2.82. The van der Waals surface area contributed by atoms with Crippen LogP contribution in [0.4, 0.5) is 0 Å². The molecule has 38 heavy (non-hydrogen) atoms. The molecule has 2 aliphatic carbocycles. The molecule has 1 aromatic rings. The van der Waals surface area contributed by atoms with Crippen molar-refractivity contribution >= 4 is 23.9 Å². The molecule has 210 valence electrons. The lowest BCUT2D eigenvalue weighted by Crippen LogP contribution is -2.36. The highest BCUT2D eigenvalue weighted by Crippen LogP contribution is 2.37. The Balaban J connectivity index is 1.95. The Kier molecular flexibility index (Phi) is 9.60. The minimum Gasteiger partial charge on any atom is -0.478 e. The van der Waals surface area contributed by atoms with E-state index in [1.807, 2.05) is 0 Å². The summed E-state index contributed by atoms with van der Waals surface area (Å²) in [5, 5.41) is 19.8. The molecule has 8 nitrogen and oxygen atoms in total. The number of benzene rings is 1. The van der Waals surface area contributed by atoms with Crippen molar-refractivity contribution in [3.63, 3.8) is 0 Å². The van der Waals surface area contributed by atoms with E-state index in [1.165, 1.54) is 0 Å². The third-order valence-corrected chi connectivity index (χ3v) is 8.50. The SMILES string of the molecule is CC(C)[C@@H]1CC[C@@H](C)C[C@H]1OC(=O)c1cc(C(=O)O)c(C(=O)O[C@@H]2C[C@H](C)CC[C@H]2C(C)C)cc1C(=O)O.